The van der Waals surface area contributed by atoms with Gasteiger partial charge in [-0.25, -0.2) is 9.55 Å². The van der Waals surface area contributed by atoms with Gasteiger partial charge in [-0.1, -0.05) is 127 Å². The van der Waals surface area contributed by atoms with E-state index in [0.29, 0.717) is 11.3 Å². The van der Waals surface area contributed by atoms with Crippen LogP contribution in [0.15, 0.2) is 120 Å². The van der Waals surface area contributed by atoms with Crippen molar-refractivity contribution in [2.45, 2.75) is 73.6 Å². The van der Waals surface area contributed by atoms with Crippen molar-refractivity contribution in [3.05, 3.63) is 138 Å². The van der Waals surface area contributed by atoms with Crippen molar-refractivity contribution in [1.82, 2.24) is 9.55 Å². The number of hydrogen-bond donors (Lipinski definition) is 0. The van der Waals surface area contributed by atoms with Crippen LogP contribution in [0.5, 0.6) is 0 Å². The number of fused-ring (bicyclic) bond motifs is 4. The minimum Gasteiger partial charge on any atom is -0.437 e. The van der Waals surface area contributed by atoms with Crippen LogP contribution in [0.1, 0.15) is 85.3 Å². The molecular formula is C49H50N3O+. The number of imidazole rings is 1. The summed E-state index contributed by atoms with van der Waals surface area (Å²) in [5.74, 6) is 1.48. The third kappa shape index (κ3) is 6.14. The maximum atomic E-state index is 8.85. The summed E-state index contributed by atoms with van der Waals surface area (Å²) in [7, 11) is 2.16. The van der Waals surface area contributed by atoms with E-state index in [0.717, 1.165) is 66.7 Å². The van der Waals surface area contributed by atoms with Crippen molar-refractivity contribution in [1.29, 1.82) is 0 Å². The summed E-state index contributed by atoms with van der Waals surface area (Å²) in [5.41, 5.74) is 13.9. The molecular weight excluding hydrogens is 647 g/mol. The Morgan fingerprint density at radius 1 is 0.736 bits per heavy atom. The molecule has 3 aromatic heterocycles. The molecule has 0 amide bonds. The Morgan fingerprint density at radius 3 is 2.04 bits per heavy atom. The molecule has 0 saturated carbocycles. The highest BCUT2D eigenvalue weighted by molar-refractivity contribution is 6.09. The van der Waals surface area contributed by atoms with Gasteiger partial charge in [0.05, 0.1) is 12.7 Å². The van der Waals surface area contributed by atoms with Gasteiger partial charge in [-0.05, 0) is 89.2 Å². The van der Waals surface area contributed by atoms with Crippen LogP contribution in [0.2, 0.25) is 0 Å². The summed E-state index contributed by atoms with van der Waals surface area (Å²) >= 11 is 0. The largest absolute Gasteiger partial charge is 0.437 e. The molecule has 0 unspecified atom stereocenters. The number of nitrogens with zero attached hydrogens (tertiary/aromatic N) is 3. The molecule has 53 heavy (non-hydrogen) atoms. The van der Waals surface area contributed by atoms with Gasteiger partial charge in [-0.2, -0.15) is 4.57 Å². The summed E-state index contributed by atoms with van der Waals surface area (Å²) in [6.07, 6.45) is -1.45. The number of aryl methyl sites for hydroxylation is 2. The molecule has 3 heterocycles. The third-order valence-corrected chi connectivity index (χ3v) is 10.4. The van der Waals surface area contributed by atoms with Crippen LogP contribution in [-0.2, 0) is 13.4 Å². The molecule has 0 aliphatic heterocycles. The van der Waals surface area contributed by atoms with Crippen molar-refractivity contribution in [2.75, 3.05) is 0 Å². The van der Waals surface area contributed by atoms with Gasteiger partial charge in [0, 0.05) is 30.2 Å². The van der Waals surface area contributed by atoms with Gasteiger partial charge in [0.25, 0.3) is 5.82 Å². The van der Waals surface area contributed by atoms with Crippen LogP contribution in [0.3, 0.4) is 0 Å². The topological polar surface area (TPSA) is 34.8 Å². The quantitative estimate of drug-likeness (QED) is 0.155. The van der Waals surface area contributed by atoms with E-state index in [1.54, 1.807) is 0 Å². The Kier molecular flexibility index (Phi) is 8.01. The maximum Gasteiger partial charge on any atom is 0.299 e. The molecule has 266 valence electrons. The minimum atomic E-state index is -1.45. The molecule has 0 saturated heterocycles. The second-order valence-electron chi connectivity index (χ2n) is 16.1. The van der Waals surface area contributed by atoms with Crippen molar-refractivity contribution < 1.29 is 11.7 Å². The number of rotatable bonds is 7. The first-order valence-electron chi connectivity index (χ1n) is 19.8. The van der Waals surface area contributed by atoms with E-state index >= 15 is 0 Å². The summed E-state index contributed by atoms with van der Waals surface area (Å²) in [4.78, 5) is 5.04. The predicted molar refractivity (Wildman–Crippen MR) is 222 cm³/mol. The zero-order chi connectivity index (χ0) is 39.0. The molecule has 0 N–H and O–H groups in total. The lowest BCUT2D eigenvalue weighted by Gasteiger charge is -2.21. The predicted octanol–water partition coefficient (Wildman–Crippen LogP) is 12.9. The average Bonchev–Trinajstić information content (AvgIpc) is 3.68. The van der Waals surface area contributed by atoms with Crippen LogP contribution in [-0.4, -0.2) is 9.55 Å². The van der Waals surface area contributed by atoms with Gasteiger partial charge in [0.15, 0.2) is 16.6 Å². The normalized spacial score (nSPS) is 13.1. The lowest BCUT2D eigenvalue weighted by atomic mass is 9.86. The summed E-state index contributed by atoms with van der Waals surface area (Å²) in [5, 5.41) is 2.04. The summed E-state index contributed by atoms with van der Waals surface area (Å²) in [6.45, 7) is 17.2. The van der Waals surface area contributed by atoms with E-state index < -0.39 is 11.8 Å². The monoisotopic (exact) mass is 698 g/mol. The van der Waals surface area contributed by atoms with E-state index in [-0.39, 0.29) is 11.8 Å². The highest BCUT2D eigenvalue weighted by Gasteiger charge is 2.34. The molecule has 0 aliphatic rings. The van der Waals surface area contributed by atoms with E-state index in [1.807, 2.05) is 51.1 Å². The number of para-hydroxylation sites is 2. The number of furan rings is 1. The fourth-order valence-corrected chi connectivity index (χ4v) is 7.85. The van der Waals surface area contributed by atoms with Crippen molar-refractivity contribution in [3.8, 4) is 39.5 Å². The zero-order valence-corrected chi connectivity index (χ0v) is 32.4. The Balaban J connectivity index is 1.39. The highest BCUT2D eigenvalue weighted by Crippen LogP contribution is 2.43. The highest BCUT2D eigenvalue weighted by atomic mass is 16.3. The molecule has 0 fully saturated rings. The molecule has 4 heteroatoms. The first-order valence-corrected chi connectivity index (χ1v) is 18.8. The molecule has 5 aromatic carbocycles. The molecule has 8 aromatic rings. The first-order chi connectivity index (χ1) is 26.2. The molecule has 0 bridgehead atoms. The van der Waals surface area contributed by atoms with Crippen LogP contribution < -0.4 is 4.57 Å². The van der Waals surface area contributed by atoms with E-state index in [4.69, 9.17) is 12.1 Å². The molecule has 0 atom stereocenters. The van der Waals surface area contributed by atoms with Gasteiger partial charge < -0.3 is 4.42 Å². The second-order valence-corrected chi connectivity index (χ2v) is 16.1. The van der Waals surface area contributed by atoms with Crippen molar-refractivity contribution >= 4 is 33.1 Å². The summed E-state index contributed by atoms with van der Waals surface area (Å²) in [6, 6.07) is 40.3. The summed E-state index contributed by atoms with van der Waals surface area (Å²) < 4.78 is 29.3. The lowest BCUT2D eigenvalue weighted by molar-refractivity contribution is -0.633. The number of benzene rings is 5. The number of pyridine rings is 1. The SMILES string of the molecule is [2H]C([2H])(c1ccc(-c2cc(C(C)C)c(-n3c(-c4c(C)ccc5c4oc4nc(-c6ccccc6)ccc45)[n+](C)c4ccccc43)c(C(C)C)c2)cc1)C(C)(C)C. The van der Waals surface area contributed by atoms with Crippen LogP contribution in [0.25, 0.3) is 72.6 Å². The fourth-order valence-electron chi connectivity index (χ4n) is 7.85. The van der Waals surface area contributed by atoms with Gasteiger partial charge in [-0.15, -0.1) is 0 Å². The van der Waals surface area contributed by atoms with Crippen LogP contribution in [0, 0.1) is 12.3 Å². The average molecular weight is 699 g/mol. The van der Waals surface area contributed by atoms with Crippen molar-refractivity contribution in [3.63, 3.8) is 0 Å². The van der Waals surface area contributed by atoms with E-state index in [2.05, 4.69) is 136 Å². The number of hydrogen-bond acceptors (Lipinski definition) is 2. The Morgan fingerprint density at radius 2 is 1.38 bits per heavy atom. The van der Waals surface area contributed by atoms with Gasteiger partial charge in [-0.3, -0.25) is 0 Å². The van der Waals surface area contributed by atoms with Gasteiger partial charge in [0.1, 0.15) is 11.3 Å². The molecule has 8 rings (SSSR count). The minimum absolute atomic E-state index is 0.213. The van der Waals surface area contributed by atoms with Crippen molar-refractivity contribution in [2.24, 2.45) is 12.5 Å². The Bertz CT molecular complexity index is 2700. The molecule has 0 radical (unpaired) electrons. The Labute approximate surface area is 316 Å². The fraction of sp³-hybridized carbons (Fsp3) is 0.265. The van der Waals surface area contributed by atoms with Crippen LogP contribution in [0.4, 0.5) is 0 Å². The number of aromatic nitrogens is 3. The smallest absolute Gasteiger partial charge is 0.299 e. The third-order valence-electron chi connectivity index (χ3n) is 10.4. The van der Waals surface area contributed by atoms with Gasteiger partial charge >= 0.3 is 0 Å². The lowest BCUT2D eigenvalue weighted by Crippen LogP contribution is -2.30. The van der Waals surface area contributed by atoms with Gasteiger partial charge in [0.2, 0.25) is 5.71 Å². The maximum absolute atomic E-state index is 8.85. The van der Waals surface area contributed by atoms with E-state index in [9.17, 15) is 0 Å². The standard InChI is InChI=1S/C49H50N3O/c1-30(2)39-27-36(34-22-20-33(21-23-34)29-49(6,7)8)28-40(31(3)4)45(39)52-43-18-14-13-17-42(43)51(9)48(52)44-32(5)19-24-37-38-25-26-41(35-15-11-10-12-16-35)50-47(38)53-46(37)44/h10-28,30-31H,29H2,1-9H3/q+1/i29D2. The first kappa shape index (κ1) is 32.2. The zero-order valence-electron chi connectivity index (χ0n) is 34.4. The molecule has 4 nitrogen and oxygen atoms in total. The Hall–Kier alpha value is -5.48. The molecule has 0 spiro atoms. The van der Waals surface area contributed by atoms with Crippen LogP contribution >= 0.6 is 0 Å². The molecule has 0 aliphatic carbocycles. The second kappa shape index (κ2) is 13.2. The van der Waals surface area contributed by atoms with E-state index in [1.165, 1.54) is 16.8 Å².